The van der Waals surface area contributed by atoms with Crippen LogP contribution in [-0.2, 0) is 27.4 Å². The molecule has 21 heavy (non-hydrogen) atoms. The van der Waals surface area contributed by atoms with Gasteiger partial charge in [0.25, 0.3) is 0 Å². The molecule has 1 aromatic carbocycles. The van der Waals surface area contributed by atoms with Gasteiger partial charge in [-0.2, -0.15) is 13.2 Å². The molecule has 0 saturated carbocycles. The number of hydrogen-bond donors (Lipinski definition) is 0. The number of aryl methyl sites for hydroxylation is 1. The summed E-state index contributed by atoms with van der Waals surface area (Å²) >= 11 is 0. The fourth-order valence-corrected chi connectivity index (χ4v) is 4.19. The fraction of sp³-hybridized carbons (Fsp3) is 0.538. The Hall–Kier alpha value is -0.730. The molecule has 1 saturated heterocycles. The highest BCUT2D eigenvalue weighted by molar-refractivity contribution is 7.97. The van der Waals surface area contributed by atoms with Gasteiger partial charge in [0.1, 0.15) is 17.3 Å². The Bertz CT molecular complexity index is 509. The van der Waals surface area contributed by atoms with Crippen molar-refractivity contribution >= 4 is 21.0 Å². The van der Waals surface area contributed by atoms with Gasteiger partial charge in [-0.05, 0) is 29.3 Å². The van der Waals surface area contributed by atoms with E-state index in [0.717, 1.165) is 10.9 Å². The van der Waals surface area contributed by atoms with Crippen molar-refractivity contribution in [2.24, 2.45) is 0 Å². The number of halogens is 3. The Labute approximate surface area is 125 Å². The molecule has 1 aromatic rings. The maximum absolute atomic E-state index is 10.7. The summed E-state index contributed by atoms with van der Waals surface area (Å²) in [4.78, 5) is 0. The van der Waals surface area contributed by atoms with Gasteiger partial charge in [-0.15, -0.1) is 0 Å². The minimum atomic E-state index is -6.09. The van der Waals surface area contributed by atoms with Crippen LogP contribution < -0.4 is 0 Å². The molecule has 1 fully saturated rings. The molecule has 1 aliphatic heterocycles. The number of rotatable bonds is 3. The third-order valence-corrected chi connectivity index (χ3v) is 6.00. The highest BCUT2D eigenvalue weighted by atomic mass is 32.2. The second-order valence-corrected chi connectivity index (χ2v) is 8.39. The lowest BCUT2D eigenvalue weighted by molar-refractivity contribution is -0.0517. The monoisotopic (exact) mass is 342 g/mol. The van der Waals surface area contributed by atoms with Crippen molar-refractivity contribution in [1.29, 1.82) is 0 Å². The molecule has 0 amide bonds. The molecule has 120 valence electrons. The van der Waals surface area contributed by atoms with Gasteiger partial charge in [-0.3, -0.25) is 0 Å². The summed E-state index contributed by atoms with van der Waals surface area (Å²) in [6, 6.07) is 10.9. The van der Waals surface area contributed by atoms with Crippen LogP contribution >= 0.6 is 0 Å². The summed E-state index contributed by atoms with van der Waals surface area (Å²) < 4.78 is 58.9. The zero-order chi connectivity index (χ0) is 15.9. The molecule has 0 N–H and O–H groups in total. The van der Waals surface area contributed by atoms with Gasteiger partial charge in [0.15, 0.2) is 10.1 Å². The summed E-state index contributed by atoms with van der Waals surface area (Å²) in [6.45, 7) is 0. The Morgan fingerprint density at radius 2 is 1.57 bits per heavy atom. The van der Waals surface area contributed by atoms with Crippen LogP contribution in [0, 0.1) is 0 Å². The van der Waals surface area contributed by atoms with Crippen molar-refractivity contribution < 1.29 is 26.1 Å². The highest BCUT2D eigenvalue weighted by Gasteiger charge is 2.36. The van der Waals surface area contributed by atoms with E-state index in [1.165, 1.54) is 42.1 Å². The van der Waals surface area contributed by atoms with Crippen molar-refractivity contribution in [2.75, 3.05) is 17.3 Å². The molecule has 0 aliphatic carbocycles. The zero-order valence-electron chi connectivity index (χ0n) is 11.3. The molecule has 0 radical (unpaired) electrons. The molecule has 0 atom stereocenters. The molecule has 3 nitrogen and oxygen atoms in total. The molecule has 8 heteroatoms. The van der Waals surface area contributed by atoms with Crippen LogP contribution in [0.15, 0.2) is 30.3 Å². The fourth-order valence-electron chi connectivity index (χ4n) is 1.83. The van der Waals surface area contributed by atoms with Crippen molar-refractivity contribution in [3.8, 4) is 0 Å². The van der Waals surface area contributed by atoms with E-state index < -0.39 is 15.6 Å². The molecular weight excluding hydrogens is 325 g/mol. The third kappa shape index (κ3) is 7.19. The molecule has 1 aliphatic rings. The predicted octanol–water partition coefficient (Wildman–Crippen LogP) is 2.69. The second-order valence-electron chi connectivity index (χ2n) is 4.57. The minimum Gasteiger partial charge on any atom is -0.741 e. The van der Waals surface area contributed by atoms with Gasteiger partial charge in [0.2, 0.25) is 0 Å². The molecule has 0 bridgehead atoms. The number of alkyl halides is 3. The van der Waals surface area contributed by atoms with Crippen molar-refractivity contribution in [1.82, 2.24) is 0 Å². The van der Waals surface area contributed by atoms with Crippen molar-refractivity contribution in [2.45, 2.75) is 24.8 Å². The summed E-state index contributed by atoms with van der Waals surface area (Å²) in [5.74, 6) is 4.45. The molecule has 0 aromatic heterocycles. The van der Waals surface area contributed by atoms with Gasteiger partial charge < -0.3 is 4.55 Å². The van der Waals surface area contributed by atoms with E-state index in [9.17, 15) is 13.2 Å². The average molecular weight is 342 g/mol. The first-order valence-electron chi connectivity index (χ1n) is 6.40. The Kier molecular flexibility index (Phi) is 7.02. The predicted molar refractivity (Wildman–Crippen MR) is 77.1 cm³/mol. The van der Waals surface area contributed by atoms with Crippen LogP contribution in [0.2, 0.25) is 0 Å². The van der Waals surface area contributed by atoms with E-state index in [-0.39, 0.29) is 0 Å². The molecule has 0 spiro atoms. The van der Waals surface area contributed by atoms with E-state index >= 15 is 0 Å². The molecular formula is C13H17F3O3S2. The van der Waals surface area contributed by atoms with Crippen molar-refractivity contribution in [3.05, 3.63) is 35.9 Å². The zero-order valence-corrected chi connectivity index (χ0v) is 12.9. The highest BCUT2D eigenvalue weighted by Crippen LogP contribution is 2.20. The topological polar surface area (TPSA) is 57.2 Å². The summed E-state index contributed by atoms with van der Waals surface area (Å²) in [7, 11) is -5.32. The average Bonchev–Trinajstić information content (AvgIpc) is 2.89. The normalized spacial score (nSPS) is 16.4. The van der Waals surface area contributed by atoms with Gasteiger partial charge in [-0.25, -0.2) is 8.42 Å². The van der Waals surface area contributed by atoms with Gasteiger partial charge >= 0.3 is 5.51 Å². The second kappa shape index (κ2) is 8.05. The van der Waals surface area contributed by atoms with Crippen LogP contribution in [0.4, 0.5) is 13.2 Å². The lowest BCUT2D eigenvalue weighted by atomic mass is 10.2. The van der Waals surface area contributed by atoms with E-state index in [1.807, 2.05) is 0 Å². The first-order chi connectivity index (χ1) is 9.70. The standard InChI is InChI=1S/C12H17S.CHF3O3S/c1-2-6-12(7-3-1)8-11-13-9-4-5-10-13;2-1(3,4)8(5,6)7/h1-3,6-7H,4-5,8-11H2;(H,5,6,7)/q+1;/p-1. The van der Waals surface area contributed by atoms with Gasteiger partial charge in [0, 0.05) is 6.42 Å². The Balaban J connectivity index is 0.000000240. The van der Waals surface area contributed by atoms with Crippen LogP contribution in [-0.4, -0.2) is 35.7 Å². The van der Waals surface area contributed by atoms with Crippen molar-refractivity contribution in [3.63, 3.8) is 0 Å². The molecule has 0 unspecified atom stereocenters. The lowest BCUT2D eigenvalue weighted by Crippen LogP contribution is -2.21. The molecule has 2 rings (SSSR count). The maximum Gasteiger partial charge on any atom is 0.485 e. The van der Waals surface area contributed by atoms with Gasteiger partial charge in [0.05, 0.1) is 0 Å². The number of benzene rings is 1. The minimum absolute atomic E-state index is 0.772. The van der Waals surface area contributed by atoms with Crippen LogP contribution in [0.3, 0.4) is 0 Å². The van der Waals surface area contributed by atoms with Crippen LogP contribution in [0.5, 0.6) is 0 Å². The smallest absolute Gasteiger partial charge is 0.485 e. The first kappa shape index (κ1) is 18.3. The Morgan fingerprint density at radius 3 is 2.00 bits per heavy atom. The Morgan fingerprint density at radius 1 is 1.10 bits per heavy atom. The first-order valence-corrected chi connectivity index (χ1v) is 9.54. The van der Waals surface area contributed by atoms with E-state index in [4.69, 9.17) is 13.0 Å². The largest absolute Gasteiger partial charge is 0.741 e. The van der Waals surface area contributed by atoms with E-state index in [2.05, 4.69) is 30.3 Å². The number of hydrogen-bond acceptors (Lipinski definition) is 3. The van der Waals surface area contributed by atoms with Crippen LogP contribution in [0.1, 0.15) is 18.4 Å². The molecule has 1 heterocycles. The maximum atomic E-state index is 10.7. The lowest BCUT2D eigenvalue weighted by Gasteiger charge is -2.08. The summed E-state index contributed by atoms with van der Waals surface area (Å²) in [6.07, 6.45) is 4.26. The van der Waals surface area contributed by atoms with Crippen LogP contribution in [0.25, 0.3) is 0 Å². The quantitative estimate of drug-likeness (QED) is 0.482. The van der Waals surface area contributed by atoms with E-state index in [1.54, 1.807) is 0 Å². The summed E-state index contributed by atoms with van der Waals surface area (Å²) in [5, 5.41) is 0. The third-order valence-electron chi connectivity index (χ3n) is 2.92. The van der Waals surface area contributed by atoms with Gasteiger partial charge in [-0.1, -0.05) is 30.3 Å². The summed E-state index contributed by atoms with van der Waals surface area (Å²) in [5.41, 5.74) is -4.13. The van der Waals surface area contributed by atoms with E-state index in [0.29, 0.717) is 0 Å². The SMILES string of the molecule is O=S(=O)([O-])C(F)(F)F.c1ccc(CC[S+]2CCCC2)cc1.